The van der Waals surface area contributed by atoms with Crippen LogP contribution in [0.5, 0.6) is 0 Å². The van der Waals surface area contributed by atoms with Crippen LogP contribution in [0, 0.1) is 0 Å². The fraction of sp³-hybridized carbons (Fsp3) is 0.520. The van der Waals surface area contributed by atoms with Crippen LogP contribution >= 0.6 is 11.2 Å². The zero-order chi connectivity index (χ0) is 19.6. The normalized spacial score (nSPS) is 14.9. The number of benzene rings is 2. The van der Waals surface area contributed by atoms with Crippen molar-refractivity contribution < 1.29 is 0 Å². The van der Waals surface area contributed by atoms with Gasteiger partial charge >= 0.3 is 0 Å². The van der Waals surface area contributed by atoms with E-state index in [4.69, 9.17) is 0 Å². The average molecular weight is 397 g/mol. The van der Waals surface area contributed by atoms with Gasteiger partial charge in [-0.05, 0) is 70.6 Å². The van der Waals surface area contributed by atoms with Crippen molar-refractivity contribution in [2.75, 3.05) is 0 Å². The van der Waals surface area contributed by atoms with Crippen molar-refractivity contribution in [2.24, 2.45) is 0 Å². The molecule has 0 spiro atoms. The Morgan fingerprint density at radius 2 is 1.07 bits per heavy atom. The van der Waals surface area contributed by atoms with Crippen LogP contribution in [-0.4, -0.2) is 7.22 Å². The van der Waals surface area contributed by atoms with Gasteiger partial charge < -0.3 is 0 Å². The molecule has 2 aromatic rings. The predicted octanol–water partition coefficient (Wildman–Crippen LogP) is 7.84. The van der Waals surface area contributed by atoms with Crippen LogP contribution < -0.4 is 0 Å². The van der Waals surface area contributed by atoms with Crippen LogP contribution in [0.25, 0.3) is 0 Å². The summed E-state index contributed by atoms with van der Waals surface area (Å²) in [5, 5.41) is 0. The standard InChI is InChI=1S/C25H36SSi/c1-18(2)27(19(3)4,20(5)6)26-25-17-23-12-11-21-7-9-22(10-8-21)13-15-24(25)16-14-23/h7-10,14,16-20H,11-13,15H2,1-6H3. The van der Waals surface area contributed by atoms with Crippen LogP contribution in [0.15, 0.2) is 47.4 Å². The molecule has 2 heteroatoms. The first-order chi connectivity index (χ1) is 12.8. The first-order valence-corrected chi connectivity index (χ1v) is 14.5. The van der Waals surface area contributed by atoms with Gasteiger partial charge in [-0.1, -0.05) is 77.9 Å². The van der Waals surface area contributed by atoms with Crippen LogP contribution in [-0.2, 0) is 25.7 Å². The molecule has 0 unspecified atom stereocenters. The van der Waals surface area contributed by atoms with E-state index in [1.165, 1.54) is 16.7 Å². The second-order valence-electron chi connectivity index (χ2n) is 9.18. The molecule has 0 heterocycles. The van der Waals surface area contributed by atoms with E-state index in [1.54, 1.807) is 10.5 Å². The van der Waals surface area contributed by atoms with E-state index >= 15 is 0 Å². The van der Waals surface area contributed by atoms with Crippen LogP contribution in [0.3, 0.4) is 0 Å². The second kappa shape index (κ2) is 8.57. The number of hydrogen-bond acceptors (Lipinski definition) is 1. The van der Waals surface area contributed by atoms with Gasteiger partial charge in [0.05, 0.1) is 0 Å². The lowest BCUT2D eigenvalue weighted by Crippen LogP contribution is -2.41. The molecule has 27 heavy (non-hydrogen) atoms. The molecule has 0 saturated carbocycles. The molecule has 6 rings (SSSR count). The number of hydrogen-bond donors (Lipinski definition) is 0. The lowest BCUT2D eigenvalue weighted by molar-refractivity contribution is 0.850. The summed E-state index contributed by atoms with van der Waals surface area (Å²) in [6.07, 6.45) is 4.59. The molecule has 0 N–H and O–H groups in total. The van der Waals surface area contributed by atoms with E-state index in [0.717, 1.165) is 42.3 Å². The highest BCUT2D eigenvalue weighted by molar-refractivity contribution is 8.29. The van der Waals surface area contributed by atoms with Gasteiger partial charge in [-0.15, -0.1) is 11.2 Å². The van der Waals surface area contributed by atoms with Gasteiger partial charge in [-0.25, -0.2) is 0 Å². The topological polar surface area (TPSA) is 0 Å². The minimum atomic E-state index is -1.52. The fourth-order valence-electron chi connectivity index (χ4n) is 5.04. The van der Waals surface area contributed by atoms with Crippen molar-refractivity contribution in [1.82, 2.24) is 0 Å². The Bertz CT molecular complexity index is 737. The van der Waals surface area contributed by atoms with Crippen molar-refractivity contribution in [3.63, 3.8) is 0 Å². The van der Waals surface area contributed by atoms with Gasteiger partial charge in [-0.2, -0.15) is 0 Å². The third kappa shape index (κ3) is 4.37. The highest BCUT2D eigenvalue weighted by atomic mass is 32.4. The van der Waals surface area contributed by atoms with Gasteiger partial charge in [0, 0.05) is 4.90 Å². The molecule has 0 radical (unpaired) electrons. The molecule has 0 fully saturated rings. The van der Waals surface area contributed by atoms with Crippen molar-refractivity contribution >= 4 is 18.4 Å². The smallest absolute Gasteiger partial charge is 0.131 e. The van der Waals surface area contributed by atoms with Crippen molar-refractivity contribution in [3.8, 4) is 0 Å². The summed E-state index contributed by atoms with van der Waals surface area (Å²) in [6, 6.07) is 16.7. The summed E-state index contributed by atoms with van der Waals surface area (Å²) in [5.74, 6) is 0. The summed E-state index contributed by atoms with van der Waals surface area (Å²) in [4.78, 5) is 1.59. The van der Waals surface area contributed by atoms with E-state index in [9.17, 15) is 0 Å². The second-order valence-corrected chi connectivity index (χ2v) is 17.7. The maximum Gasteiger partial charge on any atom is 0.131 e. The minimum Gasteiger partial charge on any atom is -0.150 e. The van der Waals surface area contributed by atoms with E-state index in [2.05, 4.69) is 95.2 Å². The van der Waals surface area contributed by atoms with E-state index < -0.39 is 7.22 Å². The van der Waals surface area contributed by atoms with Gasteiger partial charge in [0.1, 0.15) is 7.22 Å². The highest BCUT2D eigenvalue weighted by Crippen LogP contribution is 2.52. The average Bonchev–Trinajstić information content (AvgIpc) is 2.61. The molecular weight excluding hydrogens is 360 g/mol. The maximum absolute atomic E-state index is 2.54. The van der Waals surface area contributed by atoms with Gasteiger partial charge in [0.25, 0.3) is 0 Å². The van der Waals surface area contributed by atoms with E-state index in [0.29, 0.717) is 0 Å². The molecule has 0 amide bonds. The van der Waals surface area contributed by atoms with Crippen molar-refractivity contribution in [3.05, 3.63) is 64.7 Å². The predicted molar refractivity (Wildman–Crippen MR) is 125 cm³/mol. The zero-order valence-corrected chi connectivity index (χ0v) is 19.8. The number of aryl methyl sites for hydroxylation is 4. The summed E-state index contributed by atoms with van der Waals surface area (Å²) in [7, 11) is -1.52. The fourth-order valence-corrected chi connectivity index (χ4v) is 14.5. The Hall–Kier alpha value is -0.993. The molecule has 2 aromatic carbocycles. The van der Waals surface area contributed by atoms with E-state index in [1.807, 2.05) is 0 Å². The SMILES string of the molecule is CC(C)[Si](Sc1cc2ccc1CCc1ccc(cc1)CC2)(C(C)C)C(C)C. The first kappa shape index (κ1) is 20.7. The molecule has 4 bridgehead atoms. The van der Waals surface area contributed by atoms with Gasteiger partial charge in [0.2, 0.25) is 0 Å². The molecule has 4 aliphatic rings. The van der Waals surface area contributed by atoms with Crippen molar-refractivity contribution in [1.29, 1.82) is 0 Å². The Morgan fingerprint density at radius 3 is 1.59 bits per heavy atom. The lowest BCUT2D eigenvalue weighted by Gasteiger charge is -2.42. The maximum atomic E-state index is 2.54. The van der Waals surface area contributed by atoms with Gasteiger partial charge in [0.15, 0.2) is 0 Å². The Balaban J connectivity index is 2.00. The Labute approximate surface area is 171 Å². The molecule has 0 saturated heterocycles. The quantitative estimate of drug-likeness (QED) is 0.464. The van der Waals surface area contributed by atoms with Gasteiger partial charge in [-0.3, -0.25) is 0 Å². The molecule has 146 valence electrons. The molecule has 0 aromatic heterocycles. The monoisotopic (exact) mass is 396 g/mol. The van der Waals surface area contributed by atoms with Crippen LogP contribution in [0.2, 0.25) is 16.6 Å². The zero-order valence-electron chi connectivity index (χ0n) is 18.0. The Morgan fingerprint density at radius 1 is 0.630 bits per heavy atom. The summed E-state index contributed by atoms with van der Waals surface area (Å²) < 4.78 is 0. The minimum absolute atomic E-state index is 0.782. The van der Waals surface area contributed by atoms with E-state index in [-0.39, 0.29) is 0 Å². The molecular formula is C25H36SSi. The Kier molecular flexibility index (Phi) is 6.58. The first-order valence-electron chi connectivity index (χ1n) is 10.7. The van der Waals surface area contributed by atoms with Crippen molar-refractivity contribution in [2.45, 2.75) is 88.7 Å². The third-order valence-electron chi connectivity index (χ3n) is 6.53. The number of rotatable bonds is 5. The third-order valence-corrected chi connectivity index (χ3v) is 18.9. The van der Waals surface area contributed by atoms with Crippen LogP contribution in [0.4, 0.5) is 0 Å². The molecule has 0 nitrogen and oxygen atoms in total. The van der Waals surface area contributed by atoms with Crippen LogP contribution in [0.1, 0.15) is 63.8 Å². The highest BCUT2D eigenvalue weighted by Gasteiger charge is 2.44. The largest absolute Gasteiger partial charge is 0.150 e. The summed E-state index contributed by atoms with van der Waals surface area (Å²) in [6.45, 7) is 14.8. The molecule has 0 atom stereocenters. The molecule has 4 aliphatic carbocycles. The summed E-state index contributed by atoms with van der Waals surface area (Å²) in [5.41, 5.74) is 8.35. The lowest BCUT2D eigenvalue weighted by atomic mass is 9.97. The summed E-state index contributed by atoms with van der Waals surface area (Å²) >= 11 is 2.31. The molecule has 0 aliphatic heterocycles.